The van der Waals surface area contributed by atoms with Gasteiger partial charge in [-0.3, -0.25) is 0 Å². The van der Waals surface area contributed by atoms with Crippen molar-refractivity contribution in [1.82, 2.24) is 0 Å². The Hall–Kier alpha value is -2.40. The first-order chi connectivity index (χ1) is 11.8. The molecule has 134 valence electrons. The van der Waals surface area contributed by atoms with Crippen molar-refractivity contribution in [3.63, 3.8) is 0 Å². The van der Waals surface area contributed by atoms with Crippen molar-refractivity contribution >= 4 is 23.3 Å². The van der Waals surface area contributed by atoms with Gasteiger partial charge in [0, 0.05) is 12.2 Å². The van der Waals surface area contributed by atoms with Crippen LogP contribution in [0.3, 0.4) is 0 Å². The van der Waals surface area contributed by atoms with Crippen LogP contribution in [0.2, 0.25) is 5.02 Å². The number of aromatic carboxylic acids is 1. The van der Waals surface area contributed by atoms with Crippen LogP contribution >= 0.6 is 11.6 Å². The lowest BCUT2D eigenvalue weighted by molar-refractivity contribution is 0.0697. The van der Waals surface area contributed by atoms with Crippen LogP contribution in [-0.4, -0.2) is 24.3 Å². The summed E-state index contributed by atoms with van der Waals surface area (Å²) in [6.07, 6.45) is -0.0169. The SMILES string of the molecule is COc1cc(CNc2cc(C(=O)O)ccc2C)cc(Cl)c1OC(C)C. The smallest absolute Gasteiger partial charge is 0.335 e. The Morgan fingerprint density at radius 1 is 1.28 bits per heavy atom. The molecule has 5 nitrogen and oxygen atoms in total. The Labute approximate surface area is 152 Å². The van der Waals surface area contributed by atoms with Crippen LogP contribution in [0, 0.1) is 6.92 Å². The molecule has 0 spiro atoms. The first-order valence-corrected chi connectivity index (χ1v) is 8.30. The van der Waals surface area contributed by atoms with Crippen molar-refractivity contribution in [1.29, 1.82) is 0 Å². The largest absolute Gasteiger partial charge is 0.493 e. The number of carboxylic acid groups (broad SMARTS) is 1. The number of halogens is 1. The molecule has 0 heterocycles. The summed E-state index contributed by atoms with van der Waals surface area (Å²) >= 11 is 6.33. The average Bonchev–Trinajstić information content (AvgIpc) is 2.55. The molecule has 6 heteroatoms. The quantitative estimate of drug-likeness (QED) is 0.742. The van der Waals surface area contributed by atoms with Gasteiger partial charge in [0.25, 0.3) is 0 Å². The average molecular weight is 364 g/mol. The topological polar surface area (TPSA) is 67.8 Å². The maximum Gasteiger partial charge on any atom is 0.335 e. The number of aryl methyl sites for hydroxylation is 1. The second kappa shape index (κ2) is 8.12. The summed E-state index contributed by atoms with van der Waals surface area (Å²) in [6.45, 7) is 6.23. The molecule has 2 N–H and O–H groups in total. The lowest BCUT2D eigenvalue weighted by Crippen LogP contribution is -2.08. The van der Waals surface area contributed by atoms with E-state index >= 15 is 0 Å². The molecule has 25 heavy (non-hydrogen) atoms. The molecule has 0 unspecified atom stereocenters. The molecule has 2 aromatic rings. The van der Waals surface area contributed by atoms with Crippen molar-refractivity contribution in [2.45, 2.75) is 33.4 Å². The van der Waals surface area contributed by atoms with Crippen LogP contribution in [-0.2, 0) is 6.54 Å². The Morgan fingerprint density at radius 2 is 2.00 bits per heavy atom. The van der Waals surface area contributed by atoms with Crippen LogP contribution in [0.4, 0.5) is 5.69 Å². The van der Waals surface area contributed by atoms with Crippen LogP contribution in [0.25, 0.3) is 0 Å². The van der Waals surface area contributed by atoms with Gasteiger partial charge in [-0.2, -0.15) is 0 Å². The molecule has 0 amide bonds. The highest BCUT2D eigenvalue weighted by Crippen LogP contribution is 2.37. The first-order valence-electron chi connectivity index (χ1n) is 7.92. The van der Waals surface area contributed by atoms with Crippen LogP contribution < -0.4 is 14.8 Å². The van der Waals surface area contributed by atoms with Crippen LogP contribution in [0.5, 0.6) is 11.5 Å². The maximum absolute atomic E-state index is 11.1. The molecule has 0 fully saturated rings. The first kappa shape index (κ1) is 18.9. The fraction of sp³-hybridized carbons (Fsp3) is 0.316. The van der Waals surface area contributed by atoms with Crippen LogP contribution in [0.15, 0.2) is 30.3 Å². The molecule has 0 aliphatic rings. The van der Waals surface area contributed by atoms with Gasteiger partial charge in [-0.15, -0.1) is 0 Å². The number of ether oxygens (including phenoxy) is 2. The summed E-state index contributed by atoms with van der Waals surface area (Å²) < 4.78 is 11.1. The van der Waals surface area contributed by atoms with Gasteiger partial charge in [0.2, 0.25) is 0 Å². The monoisotopic (exact) mass is 363 g/mol. The minimum Gasteiger partial charge on any atom is -0.493 e. The number of benzene rings is 2. The van der Waals surface area contributed by atoms with Crippen molar-refractivity contribution in [2.24, 2.45) is 0 Å². The number of methoxy groups -OCH3 is 1. The number of anilines is 1. The molecule has 0 radical (unpaired) electrons. The molecular formula is C19H22ClNO4. The van der Waals surface area contributed by atoms with E-state index in [1.807, 2.05) is 32.9 Å². The molecule has 0 saturated carbocycles. The molecule has 0 bridgehead atoms. The second-order valence-electron chi connectivity index (χ2n) is 5.96. The van der Waals surface area contributed by atoms with Crippen molar-refractivity contribution in [3.05, 3.63) is 52.0 Å². The van der Waals surface area contributed by atoms with Gasteiger partial charge in [-0.05, 0) is 56.2 Å². The third-order valence-corrected chi connectivity index (χ3v) is 3.89. The number of carboxylic acids is 1. The van der Waals surface area contributed by atoms with Gasteiger partial charge >= 0.3 is 5.97 Å². The summed E-state index contributed by atoms with van der Waals surface area (Å²) in [5.41, 5.74) is 2.86. The van der Waals surface area contributed by atoms with E-state index in [0.717, 1.165) is 16.8 Å². The van der Waals surface area contributed by atoms with E-state index in [1.54, 1.807) is 25.3 Å². The number of carbonyl (C=O) groups is 1. The molecule has 0 atom stereocenters. The lowest BCUT2D eigenvalue weighted by Gasteiger charge is -2.17. The molecular weight excluding hydrogens is 342 g/mol. The van der Waals surface area contributed by atoms with E-state index in [4.69, 9.17) is 26.2 Å². The zero-order valence-corrected chi connectivity index (χ0v) is 15.5. The lowest BCUT2D eigenvalue weighted by atomic mass is 10.1. The standard InChI is InChI=1S/C19H22ClNO4/c1-11(2)25-18-15(20)7-13(8-17(18)24-4)10-21-16-9-14(19(22)23)6-5-12(16)3/h5-9,11,21H,10H2,1-4H3,(H,22,23). The molecule has 0 saturated heterocycles. The molecule has 2 rings (SSSR count). The molecule has 0 aliphatic heterocycles. The summed E-state index contributed by atoms with van der Waals surface area (Å²) in [7, 11) is 1.57. The van der Waals surface area contributed by atoms with Gasteiger partial charge in [0.1, 0.15) is 0 Å². The van der Waals surface area contributed by atoms with Crippen molar-refractivity contribution in [2.75, 3.05) is 12.4 Å². The van der Waals surface area contributed by atoms with E-state index in [0.29, 0.717) is 23.1 Å². The van der Waals surface area contributed by atoms with Gasteiger partial charge < -0.3 is 19.9 Å². The highest BCUT2D eigenvalue weighted by Gasteiger charge is 2.14. The summed E-state index contributed by atoms with van der Waals surface area (Å²) in [5.74, 6) is 0.129. The third kappa shape index (κ3) is 4.79. The summed E-state index contributed by atoms with van der Waals surface area (Å²) in [5, 5.41) is 12.8. The van der Waals surface area contributed by atoms with E-state index < -0.39 is 5.97 Å². The Morgan fingerprint density at radius 3 is 2.60 bits per heavy atom. The van der Waals surface area contributed by atoms with Crippen molar-refractivity contribution in [3.8, 4) is 11.5 Å². The minimum absolute atomic E-state index is 0.0169. The van der Waals surface area contributed by atoms with E-state index in [2.05, 4.69) is 5.32 Å². The third-order valence-electron chi connectivity index (χ3n) is 3.61. The van der Waals surface area contributed by atoms with E-state index in [1.165, 1.54) is 0 Å². The van der Waals surface area contributed by atoms with Gasteiger partial charge in [0.05, 0.1) is 23.8 Å². The highest BCUT2D eigenvalue weighted by atomic mass is 35.5. The number of nitrogens with one attached hydrogen (secondary N) is 1. The van der Waals surface area contributed by atoms with Gasteiger partial charge in [-0.1, -0.05) is 17.7 Å². The number of hydrogen-bond donors (Lipinski definition) is 2. The summed E-state index contributed by atoms with van der Waals surface area (Å²) in [4.78, 5) is 11.1. The van der Waals surface area contributed by atoms with Gasteiger partial charge in [0.15, 0.2) is 11.5 Å². The Bertz CT molecular complexity index is 774. The number of hydrogen-bond acceptors (Lipinski definition) is 4. The second-order valence-corrected chi connectivity index (χ2v) is 6.37. The highest BCUT2D eigenvalue weighted by molar-refractivity contribution is 6.32. The summed E-state index contributed by atoms with van der Waals surface area (Å²) in [6, 6.07) is 8.64. The fourth-order valence-corrected chi connectivity index (χ4v) is 2.65. The predicted molar refractivity (Wildman–Crippen MR) is 99.2 cm³/mol. The molecule has 2 aromatic carbocycles. The Balaban J connectivity index is 2.22. The van der Waals surface area contributed by atoms with E-state index in [-0.39, 0.29) is 11.7 Å². The minimum atomic E-state index is -0.956. The Kier molecular flexibility index (Phi) is 6.15. The maximum atomic E-state index is 11.1. The fourth-order valence-electron chi connectivity index (χ4n) is 2.37. The molecule has 0 aliphatic carbocycles. The van der Waals surface area contributed by atoms with Crippen LogP contribution in [0.1, 0.15) is 35.3 Å². The van der Waals surface area contributed by atoms with E-state index in [9.17, 15) is 4.79 Å². The molecule has 0 aromatic heterocycles. The number of rotatable bonds is 7. The zero-order chi connectivity index (χ0) is 18.6. The normalized spacial score (nSPS) is 10.6. The van der Waals surface area contributed by atoms with Crippen molar-refractivity contribution < 1.29 is 19.4 Å². The predicted octanol–water partition coefficient (Wildman–Crippen LogP) is 4.75. The van der Waals surface area contributed by atoms with Gasteiger partial charge in [-0.25, -0.2) is 4.79 Å². The zero-order valence-electron chi connectivity index (χ0n) is 14.7.